The third-order valence-corrected chi connectivity index (χ3v) is 5.04. The number of fused-ring (bicyclic) bond motifs is 1. The van der Waals surface area contributed by atoms with E-state index < -0.39 is 0 Å². The summed E-state index contributed by atoms with van der Waals surface area (Å²) in [6, 6.07) is 19.4. The van der Waals surface area contributed by atoms with E-state index in [1.807, 2.05) is 67.6 Å². The molecule has 29 heavy (non-hydrogen) atoms. The number of carbonyl (C=O) groups excluding carboxylic acids is 2. The van der Waals surface area contributed by atoms with Gasteiger partial charge in [-0.15, -0.1) is 0 Å². The lowest BCUT2D eigenvalue weighted by molar-refractivity contribution is -0.123. The Bertz CT molecular complexity index is 1060. The average Bonchev–Trinajstić information content (AvgIpc) is 3.55. The summed E-state index contributed by atoms with van der Waals surface area (Å²) >= 11 is 0. The summed E-state index contributed by atoms with van der Waals surface area (Å²) < 4.78 is 5.78. The molecule has 0 saturated heterocycles. The highest BCUT2D eigenvalue weighted by molar-refractivity contribution is 6.09. The Morgan fingerprint density at radius 3 is 2.41 bits per heavy atom. The summed E-state index contributed by atoms with van der Waals surface area (Å²) in [5.41, 5.74) is 2.26. The first-order valence-electron chi connectivity index (χ1n) is 9.98. The van der Waals surface area contributed by atoms with Gasteiger partial charge in [0.1, 0.15) is 5.75 Å². The van der Waals surface area contributed by atoms with Gasteiger partial charge < -0.3 is 15.4 Å². The maximum Gasteiger partial charge on any atom is 0.259 e. The van der Waals surface area contributed by atoms with Crippen molar-refractivity contribution in [2.75, 3.05) is 11.9 Å². The summed E-state index contributed by atoms with van der Waals surface area (Å²) in [4.78, 5) is 25.1. The Kier molecular flexibility index (Phi) is 5.47. The number of hydrogen-bond donors (Lipinski definition) is 2. The van der Waals surface area contributed by atoms with Crippen LogP contribution in [0.2, 0.25) is 0 Å². The van der Waals surface area contributed by atoms with Crippen molar-refractivity contribution in [2.45, 2.75) is 32.2 Å². The molecule has 0 aromatic heterocycles. The predicted molar refractivity (Wildman–Crippen MR) is 114 cm³/mol. The van der Waals surface area contributed by atoms with E-state index in [0.29, 0.717) is 11.3 Å². The Morgan fingerprint density at radius 2 is 1.69 bits per heavy atom. The zero-order chi connectivity index (χ0) is 20.2. The molecule has 0 heterocycles. The number of benzene rings is 3. The van der Waals surface area contributed by atoms with Gasteiger partial charge >= 0.3 is 0 Å². The number of ether oxygens (including phenoxy) is 1. The molecule has 0 bridgehead atoms. The molecule has 2 N–H and O–H groups in total. The fourth-order valence-corrected chi connectivity index (χ4v) is 3.30. The molecule has 0 atom stereocenters. The SMILES string of the molecule is CCc1ccccc1NC(=O)c1cc2ccccc2cc1OCC(=O)NC1CC1. The largest absolute Gasteiger partial charge is 0.483 e. The van der Waals surface area contributed by atoms with E-state index in [9.17, 15) is 9.59 Å². The monoisotopic (exact) mass is 388 g/mol. The van der Waals surface area contributed by atoms with Crippen LogP contribution in [0.4, 0.5) is 5.69 Å². The van der Waals surface area contributed by atoms with Crippen LogP contribution in [0.1, 0.15) is 35.7 Å². The molecular weight excluding hydrogens is 364 g/mol. The molecule has 1 fully saturated rings. The highest BCUT2D eigenvalue weighted by Gasteiger charge is 2.24. The molecule has 0 spiro atoms. The number of anilines is 1. The van der Waals surface area contributed by atoms with Crippen LogP contribution in [0.25, 0.3) is 10.8 Å². The normalized spacial score (nSPS) is 13.1. The van der Waals surface area contributed by atoms with Crippen molar-refractivity contribution in [1.82, 2.24) is 5.32 Å². The molecule has 4 rings (SSSR count). The van der Waals surface area contributed by atoms with Gasteiger partial charge in [-0.3, -0.25) is 9.59 Å². The van der Waals surface area contributed by atoms with Gasteiger partial charge in [-0.2, -0.15) is 0 Å². The smallest absolute Gasteiger partial charge is 0.259 e. The molecule has 5 nitrogen and oxygen atoms in total. The van der Waals surface area contributed by atoms with Crippen LogP contribution in [0.5, 0.6) is 5.75 Å². The fraction of sp³-hybridized carbons (Fsp3) is 0.250. The van der Waals surface area contributed by atoms with Crippen molar-refractivity contribution < 1.29 is 14.3 Å². The van der Waals surface area contributed by atoms with E-state index in [2.05, 4.69) is 10.6 Å². The third-order valence-electron chi connectivity index (χ3n) is 5.04. The van der Waals surface area contributed by atoms with E-state index in [1.165, 1.54) is 0 Å². The molecule has 3 aromatic rings. The number of amides is 2. The van der Waals surface area contributed by atoms with E-state index in [0.717, 1.165) is 41.3 Å². The highest BCUT2D eigenvalue weighted by atomic mass is 16.5. The minimum atomic E-state index is -0.255. The molecule has 0 radical (unpaired) electrons. The quantitative estimate of drug-likeness (QED) is 0.634. The number of hydrogen-bond acceptors (Lipinski definition) is 3. The van der Waals surface area contributed by atoms with Crippen LogP contribution in [0, 0.1) is 0 Å². The molecule has 0 unspecified atom stereocenters. The average molecular weight is 388 g/mol. The van der Waals surface area contributed by atoms with Gasteiger partial charge in [0.05, 0.1) is 5.56 Å². The molecule has 1 aliphatic rings. The van der Waals surface area contributed by atoms with Crippen LogP contribution >= 0.6 is 0 Å². The number of aryl methyl sites for hydroxylation is 1. The predicted octanol–water partition coefficient (Wildman–Crippen LogP) is 4.31. The van der Waals surface area contributed by atoms with Crippen molar-refractivity contribution >= 4 is 28.3 Å². The van der Waals surface area contributed by atoms with Gasteiger partial charge in [-0.1, -0.05) is 49.4 Å². The van der Waals surface area contributed by atoms with E-state index >= 15 is 0 Å². The van der Waals surface area contributed by atoms with E-state index in [1.54, 1.807) is 0 Å². The van der Waals surface area contributed by atoms with Gasteiger partial charge in [0, 0.05) is 11.7 Å². The van der Waals surface area contributed by atoms with E-state index in [4.69, 9.17) is 4.74 Å². The topological polar surface area (TPSA) is 67.4 Å². The molecule has 1 aliphatic carbocycles. The second-order valence-electron chi connectivity index (χ2n) is 7.29. The molecular formula is C24H24N2O3. The minimum Gasteiger partial charge on any atom is -0.483 e. The lowest BCUT2D eigenvalue weighted by atomic mass is 10.0. The summed E-state index contributed by atoms with van der Waals surface area (Å²) in [5, 5.41) is 7.79. The van der Waals surface area contributed by atoms with Crippen molar-refractivity contribution in [3.05, 3.63) is 71.8 Å². The number of carbonyl (C=O) groups is 2. The minimum absolute atomic E-state index is 0.110. The second-order valence-corrected chi connectivity index (χ2v) is 7.29. The summed E-state index contributed by atoms with van der Waals surface area (Å²) in [6.07, 6.45) is 2.86. The summed E-state index contributed by atoms with van der Waals surface area (Å²) in [7, 11) is 0. The van der Waals surface area contributed by atoms with E-state index in [-0.39, 0.29) is 24.5 Å². The number of rotatable bonds is 7. The van der Waals surface area contributed by atoms with Gasteiger partial charge in [0.2, 0.25) is 0 Å². The summed E-state index contributed by atoms with van der Waals surface area (Å²) in [6.45, 7) is 1.94. The molecule has 2 amide bonds. The Labute approximate surface area is 170 Å². The number of nitrogens with one attached hydrogen (secondary N) is 2. The van der Waals surface area contributed by atoms with Crippen LogP contribution < -0.4 is 15.4 Å². The Balaban J connectivity index is 1.61. The van der Waals surface area contributed by atoms with Gasteiger partial charge in [-0.25, -0.2) is 0 Å². The molecule has 148 valence electrons. The van der Waals surface area contributed by atoms with Gasteiger partial charge in [0.25, 0.3) is 11.8 Å². The van der Waals surface area contributed by atoms with Crippen molar-refractivity contribution in [1.29, 1.82) is 0 Å². The zero-order valence-corrected chi connectivity index (χ0v) is 16.4. The standard InChI is InChI=1S/C24H24N2O3/c1-2-16-7-5-6-10-21(16)26-24(28)20-13-17-8-3-4-9-18(17)14-22(20)29-15-23(27)25-19-11-12-19/h3-10,13-14,19H,2,11-12,15H2,1H3,(H,25,27)(H,26,28). The Hall–Kier alpha value is -3.34. The molecule has 1 saturated carbocycles. The van der Waals surface area contributed by atoms with Crippen LogP contribution in [-0.2, 0) is 11.2 Å². The first kappa shape index (κ1) is 19.0. The van der Waals surface area contributed by atoms with Crippen LogP contribution in [0.15, 0.2) is 60.7 Å². The molecule has 0 aliphatic heterocycles. The zero-order valence-electron chi connectivity index (χ0n) is 16.4. The highest BCUT2D eigenvalue weighted by Crippen LogP contribution is 2.28. The summed E-state index contributed by atoms with van der Waals surface area (Å²) in [5.74, 6) is -0.0151. The van der Waals surface area contributed by atoms with Gasteiger partial charge in [0.15, 0.2) is 6.61 Å². The molecule has 5 heteroatoms. The van der Waals surface area contributed by atoms with Crippen LogP contribution in [-0.4, -0.2) is 24.5 Å². The maximum absolute atomic E-state index is 13.1. The lowest BCUT2D eigenvalue weighted by Crippen LogP contribution is -2.30. The lowest BCUT2D eigenvalue weighted by Gasteiger charge is -2.15. The molecule has 3 aromatic carbocycles. The maximum atomic E-state index is 13.1. The second kappa shape index (κ2) is 8.35. The Morgan fingerprint density at radius 1 is 1.00 bits per heavy atom. The van der Waals surface area contributed by atoms with Crippen LogP contribution in [0.3, 0.4) is 0 Å². The van der Waals surface area contributed by atoms with Crippen molar-refractivity contribution in [3.8, 4) is 5.75 Å². The first-order chi connectivity index (χ1) is 14.1. The van der Waals surface area contributed by atoms with Crippen molar-refractivity contribution in [2.24, 2.45) is 0 Å². The third kappa shape index (κ3) is 4.57. The van der Waals surface area contributed by atoms with Gasteiger partial charge in [-0.05, 0) is 53.8 Å². The van der Waals surface area contributed by atoms with Crippen molar-refractivity contribution in [3.63, 3.8) is 0 Å². The number of para-hydroxylation sites is 1. The fourth-order valence-electron chi connectivity index (χ4n) is 3.30. The first-order valence-corrected chi connectivity index (χ1v) is 9.98.